The van der Waals surface area contributed by atoms with Crippen molar-refractivity contribution in [2.75, 3.05) is 0 Å². The van der Waals surface area contributed by atoms with E-state index in [9.17, 15) is 0 Å². The maximum atomic E-state index is 5.47. The molecule has 0 aromatic rings. The highest BCUT2D eigenvalue weighted by Gasteiger charge is 2.28. The molecule has 0 spiro atoms. The van der Waals surface area contributed by atoms with Crippen LogP contribution in [0.1, 0.15) is 18.8 Å². The van der Waals surface area contributed by atoms with Crippen LogP contribution >= 0.6 is 0 Å². The summed E-state index contributed by atoms with van der Waals surface area (Å²) >= 11 is 0. The molecule has 0 radical (unpaired) electrons. The van der Waals surface area contributed by atoms with Crippen molar-refractivity contribution in [3.05, 3.63) is 48.0 Å². The van der Waals surface area contributed by atoms with Crippen molar-refractivity contribution in [2.45, 2.75) is 19.5 Å². The highest BCUT2D eigenvalue weighted by atomic mass is 16.9. The summed E-state index contributed by atoms with van der Waals surface area (Å²) in [6, 6.07) is 14.5. The lowest BCUT2D eigenvalue weighted by Crippen LogP contribution is -2.31. The first-order valence-electron chi connectivity index (χ1n) is 5.12. The monoisotopic (exact) mass is 200 g/mol. The molecular weight excluding hydrogens is 188 g/mol. The van der Waals surface area contributed by atoms with E-state index in [0.29, 0.717) is 0 Å². The van der Waals surface area contributed by atoms with Crippen LogP contribution in [-0.2, 0) is 9.47 Å². The molecular formula is C13H12O2. The van der Waals surface area contributed by atoms with Crippen molar-refractivity contribution in [2.24, 2.45) is 0 Å². The second kappa shape index (κ2) is 3.33. The smallest absolute Gasteiger partial charge is 0.189 e. The van der Waals surface area contributed by atoms with Gasteiger partial charge in [-0.15, -0.1) is 0 Å². The van der Waals surface area contributed by atoms with Gasteiger partial charge in [-0.1, -0.05) is 36.4 Å². The maximum Gasteiger partial charge on any atom is 0.189 e. The van der Waals surface area contributed by atoms with E-state index in [1.165, 1.54) is 11.1 Å². The van der Waals surface area contributed by atoms with Crippen LogP contribution in [0.5, 0.6) is 0 Å². The number of hydrogen-bond donors (Lipinski definition) is 0. The van der Waals surface area contributed by atoms with Gasteiger partial charge in [0.15, 0.2) is 12.6 Å². The Kier molecular flexibility index (Phi) is 1.97. The fourth-order valence-electron chi connectivity index (χ4n) is 1.88. The molecule has 1 heterocycles. The van der Waals surface area contributed by atoms with Crippen LogP contribution in [0.3, 0.4) is 0 Å². The minimum absolute atomic E-state index is 0.0735. The topological polar surface area (TPSA) is 18.5 Å². The zero-order valence-corrected chi connectivity index (χ0v) is 8.51. The zero-order valence-electron chi connectivity index (χ0n) is 8.51. The van der Waals surface area contributed by atoms with Crippen LogP contribution in [0, 0.1) is 0 Å². The lowest BCUT2D eigenvalue weighted by Gasteiger charge is -2.33. The minimum atomic E-state index is -0.189. The third-order valence-electron chi connectivity index (χ3n) is 2.67. The molecule has 0 unspecified atom stereocenters. The van der Waals surface area contributed by atoms with Crippen LogP contribution in [0.2, 0.25) is 0 Å². The molecule has 2 heteroatoms. The fourth-order valence-corrected chi connectivity index (χ4v) is 1.88. The molecule has 2 nitrogen and oxygen atoms in total. The van der Waals surface area contributed by atoms with Crippen molar-refractivity contribution in [1.82, 2.24) is 0 Å². The van der Waals surface area contributed by atoms with Crippen LogP contribution in [0.25, 0.3) is 11.1 Å². The normalized spacial score (nSPS) is 25.1. The second-order valence-electron chi connectivity index (χ2n) is 3.78. The number of ether oxygens (including phenoxy) is 2. The van der Waals surface area contributed by atoms with Gasteiger partial charge in [0.2, 0.25) is 0 Å². The molecule has 76 valence electrons. The summed E-state index contributed by atoms with van der Waals surface area (Å²) in [4.78, 5) is 0. The molecule has 0 aromatic carbocycles. The molecule has 1 saturated heterocycles. The van der Waals surface area contributed by atoms with Crippen molar-refractivity contribution >= 4 is 0 Å². The van der Waals surface area contributed by atoms with Crippen LogP contribution < -0.4 is 0 Å². The van der Waals surface area contributed by atoms with Gasteiger partial charge in [0.1, 0.15) is 0 Å². The summed E-state index contributed by atoms with van der Waals surface area (Å²) in [7, 11) is 0. The summed E-state index contributed by atoms with van der Waals surface area (Å²) in [5.74, 6) is 0. The van der Waals surface area contributed by atoms with Crippen LogP contribution in [-0.4, -0.2) is 6.29 Å². The van der Waals surface area contributed by atoms with E-state index in [-0.39, 0.29) is 12.6 Å². The van der Waals surface area contributed by atoms with E-state index < -0.39 is 0 Å². The van der Waals surface area contributed by atoms with Crippen molar-refractivity contribution in [3.8, 4) is 11.1 Å². The summed E-state index contributed by atoms with van der Waals surface area (Å²) in [5, 5.41) is 0. The molecule has 0 N–H and O–H groups in total. The Labute approximate surface area is 88.8 Å². The predicted octanol–water partition coefficient (Wildman–Crippen LogP) is 3.18. The molecule has 1 fully saturated rings. The third-order valence-corrected chi connectivity index (χ3v) is 2.67. The number of hydrogen-bond acceptors (Lipinski definition) is 2. The Balaban J connectivity index is 1.98. The molecule has 3 aliphatic rings. The molecule has 1 aliphatic heterocycles. The molecule has 0 amide bonds. The van der Waals surface area contributed by atoms with Gasteiger partial charge < -0.3 is 9.47 Å². The van der Waals surface area contributed by atoms with Crippen LogP contribution in [0.15, 0.2) is 42.5 Å². The van der Waals surface area contributed by atoms with E-state index in [1.54, 1.807) is 0 Å². The largest absolute Gasteiger partial charge is 0.320 e. The average molecular weight is 200 g/mol. The van der Waals surface area contributed by atoms with Crippen LogP contribution in [0.4, 0.5) is 0 Å². The van der Waals surface area contributed by atoms with E-state index in [4.69, 9.17) is 9.47 Å². The second-order valence-corrected chi connectivity index (χ2v) is 3.78. The summed E-state index contributed by atoms with van der Waals surface area (Å²) < 4.78 is 10.9. The number of fused-ring (bicyclic) bond motifs is 1. The first-order chi connectivity index (χ1) is 7.33. The quantitative estimate of drug-likeness (QED) is 0.703. The molecule has 2 aliphatic carbocycles. The maximum absolute atomic E-state index is 5.47. The Morgan fingerprint density at radius 3 is 2.33 bits per heavy atom. The predicted molar refractivity (Wildman–Crippen MR) is 57.4 cm³/mol. The van der Waals surface area contributed by atoms with E-state index >= 15 is 0 Å². The van der Waals surface area contributed by atoms with Gasteiger partial charge in [-0.3, -0.25) is 0 Å². The Hall–Kier alpha value is -1.38. The third kappa shape index (κ3) is 1.52. The molecule has 15 heavy (non-hydrogen) atoms. The standard InChI is InChI=1S/C13H12O2/c1-9-14-13(15-9)12-7-3-5-10-4-2-6-11(10)8-12/h2-9,13H,1H3. The van der Waals surface area contributed by atoms with Gasteiger partial charge >= 0.3 is 0 Å². The van der Waals surface area contributed by atoms with E-state index in [0.717, 1.165) is 5.56 Å². The lowest BCUT2D eigenvalue weighted by atomic mass is 10.1. The van der Waals surface area contributed by atoms with E-state index in [2.05, 4.69) is 30.3 Å². The Bertz CT molecular complexity index is 446. The fraction of sp³-hybridized carbons (Fsp3) is 0.231. The van der Waals surface area contributed by atoms with Gasteiger partial charge in [0.05, 0.1) is 0 Å². The molecule has 3 rings (SSSR count). The van der Waals surface area contributed by atoms with Crippen molar-refractivity contribution < 1.29 is 9.47 Å². The summed E-state index contributed by atoms with van der Waals surface area (Å²) in [6.45, 7) is 1.90. The van der Waals surface area contributed by atoms with Gasteiger partial charge in [-0.05, 0) is 24.1 Å². The van der Waals surface area contributed by atoms with Gasteiger partial charge in [-0.25, -0.2) is 0 Å². The Morgan fingerprint density at radius 2 is 1.60 bits per heavy atom. The highest BCUT2D eigenvalue weighted by molar-refractivity contribution is 5.66. The zero-order chi connectivity index (χ0) is 10.3. The highest BCUT2D eigenvalue weighted by Crippen LogP contribution is 2.33. The van der Waals surface area contributed by atoms with Crippen molar-refractivity contribution in [3.63, 3.8) is 0 Å². The SMILES string of the molecule is CC1OC(c2cccc3cccc-3c2)O1. The first kappa shape index (κ1) is 8.89. The van der Waals surface area contributed by atoms with Crippen molar-refractivity contribution in [1.29, 1.82) is 0 Å². The molecule has 0 saturated carbocycles. The van der Waals surface area contributed by atoms with Gasteiger partial charge in [0.25, 0.3) is 0 Å². The minimum Gasteiger partial charge on any atom is -0.320 e. The lowest BCUT2D eigenvalue weighted by molar-refractivity contribution is -0.382. The summed E-state index contributed by atoms with van der Waals surface area (Å²) in [5.41, 5.74) is 3.55. The molecule has 0 aromatic heterocycles. The molecule has 0 bridgehead atoms. The van der Waals surface area contributed by atoms with Gasteiger partial charge in [-0.2, -0.15) is 0 Å². The van der Waals surface area contributed by atoms with E-state index in [1.807, 2.05) is 19.1 Å². The average Bonchev–Trinajstić information content (AvgIpc) is 2.51. The van der Waals surface area contributed by atoms with Gasteiger partial charge in [0, 0.05) is 5.56 Å². The number of rotatable bonds is 1. The summed E-state index contributed by atoms with van der Waals surface area (Å²) in [6.07, 6.45) is -0.263. The first-order valence-corrected chi connectivity index (χ1v) is 5.12. The molecule has 0 atom stereocenters. The Morgan fingerprint density at radius 1 is 0.933 bits per heavy atom.